The molecule has 0 bridgehead atoms. The molecule has 1 amide bonds. The van der Waals surface area contributed by atoms with E-state index in [1.54, 1.807) is 25.5 Å². The van der Waals surface area contributed by atoms with Crippen molar-refractivity contribution < 1.29 is 19.8 Å². The molecule has 1 aromatic rings. The van der Waals surface area contributed by atoms with Gasteiger partial charge in [0, 0.05) is 32.4 Å². The molecule has 0 saturated carbocycles. The van der Waals surface area contributed by atoms with Crippen LogP contribution in [0.3, 0.4) is 0 Å². The van der Waals surface area contributed by atoms with Crippen molar-refractivity contribution in [3.05, 3.63) is 18.5 Å². The number of anilines is 1. The van der Waals surface area contributed by atoms with E-state index in [9.17, 15) is 14.7 Å². The number of hydrogen-bond acceptors (Lipinski definition) is 6. The Bertz CT molecular complexity index is 495. The molecule has 0 radical (unpaired) electrons. The highest BCUT2D eigenvalue weighted by atomic mass is 16.4. The highest BCUT2D eigenvalue weighted by molar-refractivity contribution is 5.87. The van der Waals surface area contributed by atoms with Crippen LogP contribution in [0.2, 0.25) is 0 Å². The van der Waals surface area contributed by atoms with Crippen molar-refractivity contribution in [1.82, 2.24) is 14.9 Å². The standard InChI is InChI=1S/C12H16N4O4/c1-15(12-13-3-2-4-14-12)7-10(18)16-6-8(17)5-9(16)11(19)20/h2-4,8-9,17H,5-7H2,1H3,(H,19,20). The Hall–Kier alpha value is -2.22. The van der Waals surface area contributed by atoms with Gasteiger partial charge in [-0.25, -0.2) is 14.8 Å². The first kappa shape index (κ1) is 14.2. The van der Waals surface area contributed by atoms with E-state index in [0.717, 1.165) is 0 Å². The van der Waals surface area contributed by atoms with E-state index < -0.39 is 18.1 Å². The van der Waals surface area contributed by atoms with Crippen molar-refractivity contribution in [3.8, 4) is 0 Å². The Labute approximate surface area is 115 Å². The molecule has 20 heavy (non-hydrogen) atoms. The maximum Gasteiger partial charge on any atom is 0.326 e. The van der Waals surface area contributed by atoms with E-state index >= 15 is 0 Å². The van der Waals surface area contributed by atoms with Crippen LogP contribution in [-0.4, -0.2) is 69.2 Å². The average Bonchev–Trinajstić information content (AvgIpc) is 2.82. The smallest absolute Gasteiger partial charge is 0.326 e. The van der Waals surface area contributed by atoms with Gasteiger partial charge in [-0.05, 0) is 6.07 Å². The Kier molecular flexibility index (Phi) is 4.14. The molecule has 1 aromatic heterocycles. The van der Waals surface area contributed by atoms with Gasteiger partial charge in [-0.1, -0.05) is 0 Å². The number of aromatic nitrogens is 2. The van der Waals surface area contributed by atoms with E-state index in [1.165, 1.54) is 9.80 Å². The van der Waals surface area contributed by atoms with Crippen LogP contribution in [0, 0.1) is 0 Å². The number of carbonyl (C=O) groups is 2. The second-order valence-corrected chi connectivity index (χ2v) is 4.69. The van der Waals surface area contributed by atoms with Crippen LogP contribution < -0.4 is 4.90 Å². The maximum absolute atomic E-state index is 12.1. The van der Waals surface area contributed by atoms with Crippen LogP contribution in [-0.2, 0) is 9.59 Å². The van der Waals surface area contributed by atoms with E-state index in [1.807, 2.05) is 0 Å². The molecular weight excluding hydrogens is 264 g/mol. The molecule has 0 spiro atoms. The van der Waals surface area contributed by atoms with E-state index in [2.05, 4.69) is 9.97 Å². The number of carboxylic acids is 1. The summed E-state index contributed by atoms with van der Waals surface area (Å²) < 4.78 is 0. The number of likely N-dealkylation sites (tertiary alicyclic amines) is 1. The first-order chi connectivity index (χ1) is 9.49. The Morgan fingerprint density at radius 2 is 2.10 bits per heavy atom. The van der Waals surface area contributed by atoms with Gasteiger partial charge in [0.1, 0.15) is 6.04 Å². The highest BCUT2D eigenvalue weighted by Gasteiger charge is 2.39. The third-order valence-electron chi connectivity index (χ3n) is 3.15. The summed E-state index contributed by atoms with van der Waals surface area (Å²) in [5, 5.41) is 18.6. The normalized spacial score (nSPS) is 21.8. The number of aliphatic carboxylic acids is 1. The fourth-order valence-corrected chi connectivity index (χ4v) is 2.18. The number of carboxylic acid groups (broad SMARTS) is 1. The number of rotatable bonds is 4. The molecule has 1 aliphatic rings. The van der Waals surface area contributed by atoms with E-state index in [0.29, 0.717) is 5.95 Å². The number of carbonyl (C=O) groups excluding carboxylic acids is 1. The molecule has 8 heteroatoms. The number of β-amino-alcohol motifs (C(OH)–C–C–N with tert-alkyl or cyclic N) is 1. The number of aliphatic hydroxyl groups is 1. The Morgan fingerprint density at radius 1 is 1.45 bits per heavy atom. The van der Waals surface area contributed by atoms with Crippen LogP contribution in [0.1, 0.15) is 6.42 Å². The predicted molar refractivity (Wildman–Crippen MR) is 69.1 cm³/mol. The van der Waals surface area contributed by atoms with Gasteiger partial charge in [-0.3, -0.25) is 4.79 Å². The minimum absolute atomic E-state index is 0.0410. The van der Waals surface area contributed by atoms with Crippen molar-refractivity contribution in [2.45, 2.75) is 18.6 Å². The summed E-state index contributed by atoms with van der Waals surface area (Å²) in [6.45, 7) is -0.000198. The molecule has 2 N–H and O–H groups in total. The molecule has 1 fully saturated rings. The second-order valence-electron chi connectivity index (χ2n) is 4.69. The third-order valence-corrected chi connectivity index (χ3v) is 3.15. The van der Waals surface area contributed by atoms with Gasteiger partial charge < -0.3 is 20.0 Å². The molecule has 0 aromatic carbocycles. The van der Waals surface area contributed by atoms with Crippen molar-refractivity contribution in [2.24, 2.45) is 0 Å². The van der Waals surface area contributed by atoms with Gasteiger partial charge in [-0.15, -0.1) is 0 Å². The van der Waals surface area contributed by atoms with Gasteiger partial charge >= 0.3 is 5.97 Å². The predicted octanol–water partition coefficient (Wildman–Crippen LogP) is -1.04. The van der Waals surface area contributed by atoms with Crippen molar-refractivity contribution in [3.63, 3.8) is 0 Å². The summed E-state index contributed by atoms with van der Waals surface area (Å²) in [6, 6.07) is 0.693. The fraction of sp³-hybridized carbons (Fsp3) is 0.500. The number of likely N-dealkylation sites (N-methyl/N-ethyl adjacent to an activating group) is 1. The second kappa shape index (κ2) is 5.83. The molecule has 2 unspecified atom stereocenters. The maximum atomic E-state index is 12.1. The van der Waals surface area contributed by atoms with Gasteiger partial charge in [0.2, 0.25) is 11.9 Å². The molecule has 1 aliphatic heterocycles. The SMILES string of the molecule is CN(CC(=O)N1CC(O)CC1C(=O)O)c1ncccn1. The largest absolute Gasteiger partial charge is 0.480 e. The molecular formula is C12H16N4O4. The van der Waals surface area contributed by atoms with Crippen molar-refractivity contribution >= 4 is 17.8 Å². The van der Waals surface area contributed by atoms with Crippen LogP contribution in [0.25, 0.3) is 0 Å². The van der Waals surface area contributed by atoms with Gasteiger partial charge in [0.25, 0.3) is 0 Å². The molecule has 1 saturated heterocycles. The number of amides is 1. The highest BCUT2D eigenvalue weighted by Crippen LogP contribution is 2.18. The summed E-state index contributed by atoms with van der Waals surface area (Å²) in [4.78, 5) is 34.0. The van der Waals surface area contributed by atoms with Crippen LogP contribution in [0.5, 0.6) is 0 Å². The zero-order valence-electron chi connectivity index (χ0n) is 11.0. The summed E-state index contributed by atoms with van der Waals surface area (Å²) in [5.74, 6) is -1.09. The average molecular weight is 280 g/mol. The lowest BCUT2D eigenvalue weighted by molar-refractivity contribution is -0.147. The number of aliphatic hydroxyl groups excluding tert-OH is 1. The van der Waals surface area contributed by atoms with Crippen LogP contribution in [0.4, 0.5) is 5.95 Å². The molecule has 8 nitrogen and oxygen atoms in total. The zero-order chi connectivity index (χ0) is 14.7. The molecule has 108 valence electrons. The lowest BCUT2D eigenvalue weighted by Gasteiger charge is -2.24. The first-order valence-corrected chi connectivity index (χ1v) is 6.17. The Morgan fingerprint density at radius 3 is 2.70 bits per heavy atom. The van der Waals surface area contributed by atoms with E-state index in [-0.39, 0.29) is 25.4 Å². The number of nitrogens with zero attached hydrogens (tertiary/aromatic N) is 4. The summed E-state index contributed by atoms with van der Waals surface area (Å²) in [7, 11) is 1.65. The molecule has 0 aliphatic carbocycles. The Balaban J connectivity index is 2.02. The third kappa shape index (κ3) is 3.02. The monoisotopic (exact) mass is 280 g/mol. The minimum atomic E-state index is -1.10. The minimum Gasteiger partial charge on any atom is -0.480 e. The van der Waals surface area contributed by atoms with Crippen molar-refractivity contribution in [2.75, 3.05) is 25.0 Å². The lowest BCUT2D eigenvalue weighted by Crippen LogP contribution is -2.45. The molecule has 2 heterocycles. The molecule has 2 rings (SSSR count). The lowest BCUT2D eigenvalue weighted by atomic mass is 10.2. The van der Waals surface area contributed by atoms with Crippen LogP contribution >= 0.6 is 0 Å². The van der Waals surface area contributed by atoms with E-state index in [4.69, 9.17) is 5.11 Å². The quantitative estimate of drug-likeness (QED) is 0.725. The molecule has 2 atom stereocenters. The van der Waals surface area contributed by atoms with Crippen molar-refractivity contribution in [1.29, 1.82) is 0 Å². The van der Waals surface area contributed by atoms with Gasteiger partial charge in [0.15, 0.2) is 0 Å². The summed E-state index contributed by atoms with van der Waals surface area (Å²) in [5.41, 5.74) is 0. The fourth-order valence-electron chi connectivity index (χ4n) is 2.18. The van der Waals surface area contributed by atoms with Crippen LogP contribution in [0.15, 0.2) is 18.5 Å². The summed E-state index contributed by atoms with van der Waals surface area (Å²) in [6.07, 6.45) is 2.39. The summed E-state index contributed by atoms with van der Waals surface area (Å²) >= 11 is 0. The van der Waals surface area contributed by atoms with Gasteiger partial charge in [-0.2, -0.15) is 0 Å². The number of hydrogen-bond donors (Lipinski definition) is 2. The zero-order valence-corrected chi connectivity index (χ0v) is 11.0. The topological polar surface area (TPSA) is 107 Å². The van der Waals surface area contributed by atoms with Gasteiger partial charge in [0.05, 0.1) is 12.6 Å². The first-order valence-electron chi connectivity index (χ1n) is 6.17.